The number of piperidine rings is 1. The van der Waals surface area contributed by atoms with Crippen LogP contribution in [-0.4, -0.2) is 31.2 Å². The van der Waals surface area contributed by atoms with E-state index in [2.05, 4.69) is 4.72 Å². The molecule has 0 spiro atoms. The maximum absolute atomic E-state index is 12.2. The lowest BCUT2D eigenvalue weighted by molar-refractivity contribution is -0.387. The van der Waals surface area contributed by atoms with Gasteiger partial charge < -0.3 is 0 Å². The Labute approximate surface area is 119 Å². The minimum absolute atomic E-state index is 0.00416. The molecule has 1 fully saturated rings. The van der Waals surface area contributed by atoms with E-state index in [9.17, 15) is 28.1 Å². The van der Waals surface area contributed by atoms with Gasteiger partial charge in [-0.1, -0.05) is 12.1 Å². The molecule has 21 heavy (non-hydrogen) atoms. The number of sulfonamides is 1. The molecule has 1 aliphatic rings. The van der Waals surface area contributed by atoms with Crippen molar-refractivity contribution in [2.45, 2.75) is 23.8 Å². The number of hydrogen-bond donors (Lipinski definition) is 2. The van der Waals surface area contributed by atoms with E-state index < -0.39 is 43.4 Å². The van der Waals surface area contributed by atoms with Gasteiger partial charge >= 0.3 is 0 Å². The first-order valence-corrected chi connectivity index (χ1v) is 7.39. The third kappa shape index (κ3) is 3.23. The summed E-state index contributed by atoms with van der Waals surface area (Å²) in [5.74, 6) is -1.26. The molecule has 1 aliphatic heterocycles. The molecule has 1 heterocycles. The monoisotopic (exact) mass is 313 g/mol. The fraction of sp³-hybridized carbons (Fsp3) is 0.273. The number of amides is 2. The van der Waals surface area contributed by atoms with Gasteiger partial charge in [0.15, 0.2) is 4.90 Å². The zero-order valence-corrected chi connectivity index (χ0v) is 11.4. The highest BCUT2D eigenvalue weighted by atomic mass is 32.2. The molecule has 0 bridgehead atoms. The summed E-state index contributed by atoms with van der Waals surface area (Å²) in [5.41, 5.74) is -0.586. The third-order valence-electron chi connectivity index (χ3n) is 2.89. The summed E-state index contributed by atoms with van der Waals surface area (Å²) in [6.45, 7) is 0. The second-order valence-corrected chi connectivity index (χ2v) is 6.03. The van der Waals surface area contributed by atoms with Crippen molar-refractivity contribution < 1.29 is 22.9 Å². The number of nitrogens with zero attached hydrogens (tertiary/aromatic N) is 1. The number of nitrogens with one attached hydrogen (secondary N) is 2. The van der Waals surface area contributed by atoms with Crippen molar-refractivity contribution in [2.24, 2.45) is 0 Å². The van der Waals surface area contributed by atoms with Gasteiger partial charge in [0.25, 0.3) is 5.69 Å². The second-order valence-electron chi connectivity index (χ2n) is 4.35. The molecule has 1 aromatic carbocycles. The lowest BCUT2D eigenvalue weighted by Crippen LogP contribution is -2.52. The Hall–Kier alpha value is -2.33. The molecule has 0 aliphatic carbocycles. The van der Waals surface area contributed by atoms with Gasteiger partial charge in [0.2, 0.25) is 21.8 Å². The number of nitro groups is 1. The molecular weight excluding hydrogens is 302 g/mol. The molecule has 1 aromatic rings. The zero-order valence-electron chi connectivity index (χ0n) is 10.6. The van der Waals surface area contributed by atoms with Crippen LogP contribution in [0.2, 0.25) is 0 Å². The summed E-state index contributed by atoms with van der Waals surface area (Å²) in [4.78, 5) is 32.0. The maximum atomic E-state index is 12.2. The SMILES string of the molecule is O=C1CCC(NS(=O)(=O)c2ccccc2[N+](=O)[O-])C(=O)N1. The average molecular weight is 313 g/mol. The first-order chi connectivity index (χ1) is 9.81. The lowest BCUT2D eigenvalue weighted by atomic mass is 10.1. The van der Waals surface area contributed by atoms with Crippen LogP contribution in [-0.2, 0) is 19.6 Å². The summed E-state index contributed by atoms with van der Waals surface area (Å²) in [6, 6.07) is 3.67. The molecule has 1 saturated heterocycles. The predicted octanol–water partition coefficient (Wildman–Crippen LogP) is -0.322. The number of rotatable bonds is 4. The van der Waals surface area contributed by atoms with Gasteiger partial charge in [-0.2, -0.15) is 4.72 Å². The second kappa shape index (κ2) is 5.58. The lowest BCUT2D eigenvalue weighted by Gasteiger charge is -2.21. The molecule has 2 amide bonds. The van der Waals surface area contributed by atoms with E-state index in [1.807, 2.05) is 5.32 Å². The Morgan fingerprint density at radius 1 is 1.29 bits per heavy atom. The van der Waals surface area contributed by atoms with Crippen molar-refractivity contribution in [3.63, 3.8) is 0 Å². The Morgan fingerprint density at radius 2 is 1.95 bits per heavy atom. The van der Waals surface area contributed by atoms with E-state index in [0.717, 1.165) is 12.1 Å². The first-order valence-electron chi connectivity index (χ1n) is 5.91. The van der Waals surface area contributed by atoms with Crippen LogP contribution in [0.3, 0.4) is 0 Å². The van der Waals surface area contributed by atoms with Crippen molar-refractivity contribution >= 4 is 27.5 Å². The summed E-state index contributed by atoms with van der Waals surface area (Å²) in [7, 11) is -4.25. The number of carbonyl (C=O) groups excluding carboxylic acids is 2. The van der Waals surface area contributed by atoms with E-state index >= 15 is 0 Å². The van der Waals surface area contributed by atoms with Crippen molar-refractivity contribution in [1.82, 2.24) is 10.0 Å². The zero-order chi connectivity index (χ0) is 15.6. The van der Waals surface area contributed by atoms with Crippen LogP contribution < -0.4 is 10.0 Å². The molecule has 2 N–H and O–H groups in total. The molecule has 0 saturated carbocycles. The Balaban J connectivity index is 2.29. The van der Waals surface area contributed by atoms with Crippen LogP contribution in [0.5, 0.6) is 0 Å². The van der Waals surface area contributed by atoms with E-state index in [1.54, 1.807) is 0 Å². The molecule has 1 atom stereocenters. The fourth-order valence-corrected chi connectivity index (χ4v) is 3.29. The van der Waals surface area contributed by atoms with Gasteiger partial charge in [0.05, 0.1) is 4.92 Å². The topological polar surface area (TPSA) is 135 Å². The van der Waals surface area contributed by atoms with Crippen molar-refractivity contribution in [2.75, 3.05) is 0 Å². The van der Waals surface area contributed by atoms with Gasteiger partial charge in [-0.3, -0.25) is 25.0 Å². The van der Waals surface area contributed by atoms with E-state index in [-0.39, 0.29) is 12.8 Å². The number of hydrogen-bond acceptors (Lipinski definition) is 6. The van der Waals surface area contributed by atoms with Crippen molar-refractivity contribution in [1.29, 1.82) is 0 Å². The minimum atomic E-state index is -4.25. The highest BCUT2D eigenvalue weighted by molar-refractivity contribution is 7.89. The number of imide groups is 1. The Kier molecular flexibility index (Phi) is 4.00. The van der Waals surface area contributed by atoms with Gasteiger partial charge in [-0.15, -0.1) is 0 Å². The fourth-order valence-electron chi connectivity index (χ4n) is 1.89. The van der Waals surface area contributed by atoms with Crippen LogP contribution in [0.4, 0.5) is 5.69 Å². The summed E-state index contributed by atoms with van der Waals surface area (Å²) in [5, 5.41) is 12.9. The maximum Gasteiger partial charge on any atom is 0.289 e. The molecule has 112 valence electrons. The quantitative estimate of drug-likeness (QED) is 0.444. The third-order valence-corrected chi connectivity index (χ3v) is 4.41. The number of carbonyl (C=O) groups is 2. The van der Waals surface area contributed by atoms with Gasteiger partial charge in [-0.05, 0) is 12.5 Å². The standard InChI is InChI=1S/C11H11N3O6S/c15-10-6-5-7(11(16)12-10)13-21(19,20)9-4-2-1-3-8(9)14(17)18/h1-4,7,13H,5-6H2,(H,12,15,16). The molecule has 0 aromatic heterocycles. The van der Waals surface area contributed by atoms with E-state index in [0.29, 0.717) is 0 Å². The van der Waals surface area contributed by atoms with Gasteiger partial charge in [0, 0.05) is 12.5 Å². The minimum Gasteiger partial charge on any atom is -0.295 e. The highest BCUT2D eigenvalue weighted by Gasteiger charge is 2.33. The van der Waals surface area contributed by atoms with Crippen LogP contribution in [0, 0.1) is 10.1 Å². The smallest absolute Gasteiger partial charge is 0.289 e. The normalized spacial score (nSPS) is 19.1. The van der Waals surface area contributed by atoms with Crippen LogP contribution in [0.15, 0.2) is 29.2 Å². The summed E-state index contributed by atoms with van der Waals surface area (Å²) >= 11 is 0. The Bertz CT molecular complexity index is 714. The first kappa shape index (κ1) is 15.1. The van der Waals surface area contributed by atoms with Gasteiger partial charge in [0.1, 0.15) is 6.04 Å². The predicted molar refractivity (Wildman–Crippen MR) is 69.6 cm³/mol. The van der Waals surface area contributed by atoms with Crippen LogP contribution >= 0.6 is 0 Å². The summed E-state index contributed by atoms with van der Waals surface area (Å²) in [6.07, 6.45) is 0.000335. The van der Waals surface area contributed by atoms with Crippen molar-refractivity contribution in [3.8, 4) is 0 Å². The number of nitro benzene ring substituents is 1. The molecule has 1 unspecified atom stereocenters. The van der Waals surface area contributed by atoms with E-state index in [4.69, 9.17) is 0 Å². The molecular formula is C11H11N3O6S. The van der Waals surface area contributed by atoms with Crippen LogP contribution in [0.1, 0.15) is 12.8 Å². The van der Waals surface area contributed by atoms with Gasteiger partial charge in [-0.25, -0.2) is 8.42 Å². The summed E-state index contributed by atoms with van der Waals surface area (Å²) < 4.78 is 26.4. The highest BCUT2D eigenvalue weighted by Crippen LogP contribution is 2.23. The Morgan fingerprint density at radius 3 is 2.57 bits per heavy atom. The number of para-hydroxylation sites is 1. The van der Waals surface area contributed by atoms with Crippen LogP contribution in [0.25, 0.3) is 0 Å². The molecule has 9 nitrogen and oxygen atoms in total. The molecule has 10 heteroatoms. The molecule has 0 radical (unpaired) electrons. The largest absolute Gasteiger partial charge is 0.295 e. The number of benzene rings is 1. The van der Waals surface area contributed by atoms with E-state index in [1.165, 1.54) is 12.1 Å². The van der Waals surface area contributed by atoms with Crippen molar-refractivity contribution in [3.05, 3.63) is 34.4 Å². The average Bonchev–Trinajstić information content (AvgIpc) is 2.42. The molecule has 2 rings (SSSR count).